The number of hydrogen-bond acceptors (Lipinski definition) is 5. The zero-order chi connectivity index (χ0) is 12.8. The van der Waals surface area contributed by atoms with Crippen LogP contribution in [0.5, 0.6) is 0 Å². The molecule has 94 valence electrons. The van der Waals surface area contributed by atoms with Gasteiger partial charge in [-0.1, -0.05) is 6.92 Å². The van der Waals surface area contributed by atoms with Crippen LogP contribution in [-0.2, 0) is 16.0 Å². The van der Waals surface area contributed by atoms with Gasteiger partial charge >= 0.3 is 5.97 Å². The molecule has 0 saturated heterocycles. The second-order valence-electron chi connectivity index (χ2n) is 3.66. The second-order valence-corrected chi connectivity index (χ2v) is 3.66. The molecule has 1 heterocycles. The summed E-state index contributed by atoms with van der Waals surface area (Å²) >= 11 is 0. The van der Waals surface area contributed by atoms with Crippen molar-refractivity contribution in [3.63, 3.8) is 0 Å². The molecule has 0 bridgehead atoms. The number of nitrogens with zero attached hydrogens (tertiary/aromatic N) is 2. The Kier molecular flexibility index (Phi) is 4.81. The van der Waals surface area contributed by atoms with E-state index in [0.29, 0.717) is 12.1 Å². The van der Waals surface area contributed by atoms with Crippen LogP contribution >= 0.6 is 0 Å². The normalized spacial score (nSPS) is 12.0. The monoisotopic (exact) mass is 241 g/mol. The number of carbonyl (C=O) groups excluding carboxylic acids is 1. The summed E-state index contributed by atoms with van der Waals surface area (Å²) in [6.45, 7) is 3.57. The van der Waals surface area contributed by atoms with E-state index in [-0.39, 0.29) is 24.2 Å². The first-order valence-corrected chi connectivity index (χ1v) is 5.41. The molecule has 0 fully saturated rings. The van der Waals surface area contributed by atoms with Gasteiger partial charge in [-0.15, -0.1) is 0 Å². The van der Waals surface area contributed by atoms with Gasteiger partial charge in [-0.3, -0.25) is 4.79 Å². The number of anilines is 1. The lowest BCUT2D eigenvalue weighted by Gasteiger charge is -2.14. The number of esters is 1. The molecule has 1 aromatic heterocycles. The molecule has 5 nitrogen and oxygen atoms in total. The highest BCUT2D eigenvalue weighted by molar-refractivity contribution is 5.70. The smallest absolute Gasteiger partial charge is 0.307 e. The minimum Gasteiger partial charge on any atom is -0.469 e. The molecule has 0 aliphatic rings. The van der Waals surface area contributed by atoms with Crippen molar-refractivity contribution in [3.8, 4) is 0 Å². The van der Waals surface area contributed by atoms with Crippen molar-refractivity contribution < 1.29 is 13.9 Å². The molecule has 6 heteroatoms. The Balaban J connectivity index is 2.71. The van der Waals surface area contributed by atoms with E-state index >= 15 is 0 Å². The van der Waals surface area contributed by atoms with Gasteiger partial charge in [0.25, 0.3) is 0 Å². The summed E-state index contributed by atoms with van der Waals surface area (Å²) in [5.74, 6) is -0.699. The molecule has 1 unspecified atom stereocenters. The van der Waals surface area contributed by atoms with Gasteiger partial charge in [-0.05, 0) is 13.3 Å². The zero-order valence-electron chi connectivity index (χ0n) is 10.2. The fourth-order valence-corrected chi connectivity index (χ4v) is 1.37. The fourth-order valence-electron chi connectivity index (χ4n) is 1.37. The van der Waals surface area contributed by atoms with Crippen molar-refractivity contribution in [1.29, 1.82) is 0 Å². The van der Waals surface area contributed by atoms with Gasteiger partial charge in [0, 0.05) is 6.04 Å². The average Bonchev–Trinajstić information content (AvgIpc) is 2.31. The first kappa shape index (κ1) is 13.3. The Labute approximate surface area is 99.4 Å². The van der Waals surface area contributed by atoms with Crippen molar-refractivity contribution in [3.05, 3.63) is 17.8 Å². The van der Waals surface area contributed by atoms with E-state index < -0.39 is 5.82 Å². The summed E-state index contributed by atoms with van der Waals surface area (Å²) in [7, 11) is 1.31. The summed E-state index contributed by atoms with van der Waals surface area (Å²) in [6, 6.07) is -0.253. The summed E-state index contributed by atoms with van der Waals surface area (Å²) in [6.07, 6.45) is 1.95. The van der Waals surface area contributed by atoms with Crippen molar-refractivity contribution in [1.82, 2.24) is 9.97 Å². The molecule has 1 aromatic rings. The van der Waals surface area contributed by atoms with E-state index in [0.717, 1.165) is 0 Å². The Morgan fingerprint density at radius 2 is 2.29 bits per heavy atom. The Morgan fingerprint density at radius 1 is 1.59 bits per heavy atom. The SMILES string of the molecule is CCc1ncnc(NC(C)CC(=O)OC)c1F. The highest BCUT2D eigenvalue weighted by Crippen LogP contribution is 2.14. The number of methoxy groups -OCH3 is 1. The van der Waals surface area contributed by atoms with Gasteiger partial charge < -0.3 is 10.1 Å². The van der Waals surface area contributed by atoms with Crippen LogP contribution in [0.15, 0.2) is 6.33 Å². The molecule has 0 radical (unpaired) electrons. The summed E-state index contributed by atoms with van der Waals surface area (Å²) < 4.78 is 18.3. The van der Waals surface area contributed by atoms with Crippen LogP contribution in [-0.4, -0.2) is 29.1 Å². The maximum Gasteiger partial charge on any atom is 0.307 e. The number of aryl methyl sites for hydroxylation is 1. The number of hydrogen-bond donors (Lipinski definition) is 1. The standard InChI is InChI=1S/C11H16FN3O2/c1-4-8-10(12)11(14-6-13-8)15-7(2)5-9(16)17-3/h6-7H,4-5H2,1-3H3,(H,13,14,15). The number of halogens is 1. The molecule has 1 rings (SSSR count). The van der Waals surface area contributed by atoms with Crippen molar-refractivity contribution in [2.75, 3.05) is 12.4 Å². The van der Waals surface area contributed by atoms with Crippen molar-refractivity contribution >= 4 is 11.8 Å². The highest BCUT2D eigenvalue weighted by atomic mass is 19.1. The van der Waals surface area contributed by atoms with Gasteiger partial charge in [0.05, 0.1) is 19.2 Å². The van der Waals surface area contributed by atoms with Gasteiger partial charge in [0.1, 0.15) is 6.33 Å². The summed E-state index contributed by atoms with van der Waals surface area (Å²) in [5, 5.41) is 2.82. The largest absolute Gasteiger partial charge is 0.469 e. The average molecular weight is 241 g/mol. The quantitative estimate of drug-likeness (QED) is 0.792. The van der Waals surface area contributed by atoms with Gasteiger partial charge in [-0.25, -0.2) is 14.4 Å². The maximum absolute atomic E-state index is 13.7. The molecule has 1 N–H and O–H groups in total. The van der Waals surface area contributed by atoms with Crippen LogP contribution in [0.25, 0.3) is 0 Å². The third-order valence-electron chi connectivity index (χ3n) is 2.28. The number of nitrogens with one attached hydrogen (secondary N) is 1. The molecule has 17 heavy (non-hydrogen) atoms. The molecule has 0 aliphatic heterocycles. The minimum atomic E-state index is -0.466. The zero-order valence-corrected chi connectivity index (χ0v) is 10.2. The van der Waals surface area contributed by atoms with Crippen LogP contribution in [0.2, 0.25) is 0 Å². The van der Waals surface area contributed by atoms with Crippen LogP contribution in [0.1, 0.15) is 26.0 Å². The van der Waals surface area contributed by atoms with Crippen LogP contribution in [0.4, 0.5) is 10.2 Å². The Morgan fingerprint density at radius 3 is 2.88 bits per heavy atom. The first-order chi connectivity index (χ1) is 8.08. The lowest BCUT2D eigenvalue weighted by Crippen LogP contribution is -2.22. The predicted octanol–water partition coefficient (Wildman–Crippen LogP) is 1.54. The summed E-state index contributed by atoms with van der Waals surface area (Å²) in [5.41, 5.74) is 0.354. The molecule has 0 amide bonds. The lowest BCUT2D eigenvalue weighted by atomic mass is 10.2. The van der Waals surface area contributed by atoms with Crippen LogP contribution < -0.4 is 5.32 Å². The Bertz CT molecular complexity index is 398. The first-order valence-electron chi connectivity index (χ1n) is 5.41. The van der Waals surface area contributed by atoms with E-state index in [1.807, 2.05) is 6.92 Å². The number of carbonyl (C=O) groups is 1. The van der Waals surface area contributed by atoms with E-state index in [2.05, 4.69) is 20.0 Å². The molecule has 0 aromatic carbocycles. The predicted molar refractivity (Wildman–Crippen MR) is 61.1 cm³/mol. The third-order valence-corrected chi connectivity index (χ3v) is 2.28. The van der Waals surface area contributed by atoms with Gasteiger partial charge in [0.2, 0.25) is 0 Å². The number of aromatic nitrogens is 2. The molecule has 0 spiro atoms. The van der Waals surface area contributed by atoms with E-state index in [1.165, 1.54) is 13.4 Å². The third kappa shape index (κ3) is 3.65. The van der Waals surface area contributed by atoms with E-state index in [4.69, 9.17) is 0 Å². The topological polar surface area (TPSA) is 64.1 Å². The molecule has 0 saturated carbocycles. The summed E-state index contributed by atoms with van der Waals surface area (Å²) in [4.78, 5) is 18.7. The van der Waals surface area contributed by atoms with E-state index in [9.17, 15) is 9.18 Å². The van der Waals surface area contributed by atoms with Crippen molar-refractivity contribution in [2.45, 2.75) is 32.7 Å². The van der Waals surface area contributed by atoms with E-state index in [1.54, 1.807) is 6.92 Å². The molecular formula is C11H16FN3O2. The van der Waals surface area contributed by atoms with Crippen molar-refractivity contribution in [2.24, 2.45) is 0 Å². The minimum absolute atomic E-state index is 0.119. The molecule has 1 atom stereocenters. The highest BCUT2D eigenvalue weighted by Gasteiger charge is 2.14. The van der Waals surface area contributed by atoms with Crippen LogP contribution in [0, 0.1) is 5.82 Å². The number of rotatable bonds is 5. The van der Waals surface area contributed by atoms with Gasteiger partial charge in [-0.2, -0.15) is 0 Å². The van der Waals surface area contributed by atoms with Crippen LogP contribution in [0.3, 0.4) is 0 Å². The Hall–Kier alpha value is -1.72. The lowest BCUT2D eigenvalue weighted by molar-refractivity contribution is -0.140. The van der Waals surface area contributed by atoms with Gasteiger partial charge in [0.15, 0.2) is 11.6 Å². The maximum atomic E-state index is 13.7. The fraction of sp³-hybridized carbons (Fsp3) is 0.545. The molecular weight excluding hydrogens is 225 g/mol. The second kappa shape index (κ2) is 6.12. The number of ether oxygens (including phenoxy) is 1. The molecule has 0 aliphatic carbocycles.